The van der Waals surface area contributed by atoms with Gasteiger partial charge in [-0.2, -0.15) is 0 Å². The van der Waals surface area contributed by atoms with Crippen LogP contribution in [0, 0.1) is 13.8 Å². The minimum atomic E-state index is 0.153. The highest BCUT2D eigenvalue weighted by Crippen LogP contribution is 2.38. The molecular weight excluding hydrogens is 358 g/mol. The van der Waals surface area contributed by atoms with Gasteiger partial charge in [-0.3, -0.25) is 9.36 Å². The lowest BCUT2D eigenvalue weighted by Crippen LogP contribution is -2.06. The van der Waals surface area contributed by atoms with Crippen molar-refractivity contribution in [1.82, 2.24) is 14.1 Å². The van der Waals surface area contributed by atoms with E-state index in [-0.39, 0.29) is 5.78 Å². The van der Waals surface area contributed by atoms with Crippen molar-refractivity contribution in [3.05, 3.63) is 59.7 Å². The highest BCUT2D eigenvalue weighted by molar-refractivity contribution is 7.99. The molecular formula is C21H23N3O2S. The Morgan fingerprint density at radius 3 is 2.85 bits per heavy atom. The van der Waals surface area contributed by atoms with Gasteiger partial charge >= 0.3 is 0 Å². The highest BCUT2D eigenvalue weighted by atomic mass is 32.2. The molecule has 0 N–H and O–H groups in total. The summed E-state index contributed by atoms with van der Waals surface area (Å²) in [4.78, 5) is 17.3. The Balaban J connectivity index is 1.51. The van der Waals surface area contributed by atoms with Gasteiger partial charge in [-0.15, -0.1) is 0 Å². The molecule has 1 aromatic carbocycles. The number of carbonyl (C=O) groups is 1. The van der Waals surface area contributed by atoms with Crippen LogP contribution in [0.3, 0.4) is 0 Å². The van der Waals surface area contributed by atoms with Crippen LogP contribution in [0.15, 0.2) is 47.9 Å². The van der Waals surface area contributed by atoms with Gasteiger partial charge in [0.1, 0.15) is 5.75 Å². The molecule has 1 aliphatic carbocycles. The lowest BCUT2D eigenvalue weighted by molar-refractivity contribution is 0.102. The van der Waals surface area contributed by atoms with E-state index in [2.05, 4.69) is 23.4 Å². The van der Waals surface area contributed by atoms with Crippen molar-refractivity contribution in [1.29, 1.82) is 0 Å². The second kappa shape index (κ2) is 7.27. The topological polar surface area (TPSA) is 49.1 Å². The van der Waals surface area contributed by atoms with Crippen LogP contribution in [0.5, 0.6) is 5.75 Å². The fourth-order valence-corrected chi connectivity index (χ4v) is 4.37. The number of aryl methyl sites for hydroxylation is 1. The molecule has 27 heavy (non-hydrogen) atoms. The number of benzene rings is 1. The second-order valence-corrected chi connectivity index (χ2v) is 7.82. The molecule has 6 heteroatoms. The van der Waals surface area contributed by atoms with Crippen LogP contribution in [0.4, 0.5) is 0 Å². The maximum atomic E-state index is 12.8. The van der Waals surface area contributed by atoms with Gasteiger partial charge in [0.25, 0.3) is 0 Å². The zero-order valence-electron chi connectivity index (χ0n) is 15.8. The minimum absolute atomic E-state index is 0.153. The number of ketones is 1. The summed E-state index contributed by atoms with van der Waals surface area (Å²) in [6, 6.07) is 10.4. The van der Waals surface area contributed by atoms with E-state index in [1.807, 2.05) is 41.1 Å². The standard InChI is InChI=1S/C21H23N3O2S/c1-14-11-19(15(2)24(14)16-7-8-16)20(25)13-27-21-22-9-10-23(21)17-5-4-6-18(12-17)26-3/h4-6,9-12,16H,7-8,13H2,1-3H3. The summed E-state index contributed by atoms with van der Waals surface area (Å²) < 4.78 is 9.60. The summed E-state index contributed by atoms with van der Waals surface area (Å²) in [6.45, 7) is 4.14. The van der Waals surface area contributed by atoms with Gasteiger partial charge in [0.2, 0.25) is 0 Å². The third-order valence-corrected chi connectivity index (χ3v) is 5.93. The molecule has 140 valence electrons. The first kappa shape index (κ1) is 17.9. The van der Waals surface area contributed by atoms with Crippen LogP contribution >= 0.6 is 11.8 Å². The number of nitrogens with zero attached hydrogens (tertiary/aromatic N) is 3. The van der Waals surface area contributed by atoms with E-state index in [0.29, 0.717) is 11.8 Å². The monoisotopic (exact) mass is 381 g/mol. The number of hydrogen-bond acceptors (Lipinski definition) is 4. The number of aromatic nitrogens is 3. The van der Waals surface area contributed by atoms with Gasteiger partial charge in [0.05, 0.1) is 18.6 Å². The van der Waals surface area contributed by atoms with Crippen LogP contribution in [0.2, 0.25) is 0 Å². The summed E-state index contributed by atoms with van der Waals surface area (Å²) >= 11 is 1.47. The molecule has 1 aliphatic rings. The molecule has 0 spiro atoms. The third kappa shape index (κ3) is 3.54. The Labute approximate surface area is 163 Å². The maximum Gasteiger partial charge on any atom is 0.175 e. The molecule has 1 fully saturated rings. The maximum absolute atomic E-state index is 12.8. The van der Waals surface area contributed by atoms with Crippen molar-refractivity contribution < 1.29 is 9.53 Å². The predicted molar refractivity (Wildman–Crippen MR) is 107 cm³/mol. The molecule has 4 rings (SSSR count). The lowest BCUT2D eigenvalue weighted by Gasteiger charge is -2.09. The number of hydrogen-bond donors (Lipinski definition) is 0. The molecule has 0 aliphatic heterocycles. The van der Waals surface area contributed by atoms with E-state index in [9.17, 15) is 4.79 Å². The van der Waals surface area contributed by atoms with Crippen molar-refractivity contribution in [2.45, 2.75) is 37.9 Å². The number of ether oxygens (including phenoxy) is 1. The van der Waals surface area contributed by atoms with Crippen molar-refractivity contribution in [3.63, 3.8) is 0 Å². The molecule has 5 nitrogen and oxygen atoms in total. The van der Waals surface area contributed by atoms with Crippen LogP contribution in [-0.4, -0.2) is 32.8 Å². The molecule has 0 saturated heterocycles. The van der Waals surface area contributed by atoms with E-state index in [0.717, 1.165) is 27.9 Å². The van der Waals surface area contributed by atoms with E-state index >= 15 is 0 Å². The summed E-state index contributed by atoms with van der Waals surface area (Å²) in [5.41, 5.74) is 4.08. The lowest BCUT2D eigenvalue weighted by atomic mass is 10.2. The Morgan fingerprint density at radius 2 is 2.11 bits per heavy atom. The average Bonchev–Trinajstić information content (AvgIpc) is 3.31. The van der Waals surface area contributed by atoms with Gasteiger partial charge < -0.3 is 9.30 Å². The largest absolute Gasteiger partial charge is 0.497 e. The fraction of sp³-hybridized carbons (Fsp3) is 0.333. The number of imidazole rings is 1. The van der Waals surface area contributed by atoms with E-state index < -0.39 is 0 Å². The molecule has 0 bridgehead atoms. The summed E-state index contributed by atoms with van der Waals surface area (Å²) in [5.74, 6) is 1.32. The van der Waals surface area contributed by atoms with Crippen LogP contribution in [0.25, 0.3) is 5.69 Å². The van der Waals surface area contributed by atoms with Gasteiger partial charge in [-0.1, -0.05) is 17.8 Å². The normalized spacial score (nSPS) is 13.7. The minimum Gasteiger partial charge on any atom is -0.497 e. The quantitative estimate of drug-likeness (QED) is 0.443. The molecule has 0 unspecified atom stereocenters. The summed E-state index contributed by atoms with van der Waals surface area (Å²) in [7, 11) is 1.65. The van der Waals surface area contributed by atoms with Crippen molar-refractivity contribution in [2.75, 3.05) is 12.9 Å². The Bertz CT molecular complexity index is 985. The average molecular weight is 382 g/mol. The van der Waals surface area contributed by atoms with Crippen molar-refractivity contribution in [2.24, 2.45) is 0 Å². The molecule has 0 atom stereocenters. The molecule has 2 heterocycles. The smallest absolute Gasteiger partial charge is 0.175 e. The first-order valence-electron chi connectivity index (χ1n) is 9.10. The Morgan fingerprint density at radius 1 is 1.30 bits per heavy atom. The first-order chi connectivity index (χ1) is 13.1. The fourth-order valence-electron chi connectivity index (χ4n) is 3.52. The number of carbonyl (C=O) groups excluding carboxylic acids is 1. The van der Waals surface area contributed by atoms with Crippen molar-refractivity contribution >= 4 is 17.5 Å². The van der Waals surface area contributed by atoms with E-state index in [1.54, 1.807) is 13.3 Å². The van der Waals surface area contributed by atoms with Gasteiger partial charge in [0.15, 0.2) is 10.9 Å². The van der Waals surface area contributed by atoms with Gasteiger partial charge in [-0.25, -0.2) is 4.98 Å². The third-order valence-electron chi connectivity index (χ3n) is 4.97. The second-order valence-electron chi connectivity index (χ2n) is 6.88. The van der Waals surface area contributed by atoms with E-state index in [4.69, 9.17) is 4.74 Å². The number of methoxy groups -OCH3 is 1. The molecule has 0 amide bonds. The van der Waals surface area contributed by atoms with Crippen LogP contribution in [0.1, 0.15) is 40.6 Å². The first-order valence-corrected chi connectivity index (χ1v) is 10.1. The molecule has 0 radical (unpaired) electrons. The van der Waals surface area contributed by atoms with Crippen LogP contribution < -0.4 is 4.74 Å². The Kier molecular flexibility index (Phi) is 4.83. The van der Waals surface area contributed by atoms with Crippen LogP contribution in [-0.2, 0) is 0 Å². The number of rotatable bonds is 7. The summed E-state index contributed by atoms with van der Waals surface area (Å²) in [5, 5.41) is 0.799. The SMILES string of the molecule is COc1cccc(-n2ccnc2SCC(=O)c2cc(C)n(C3CC3)c2C)c1. The van der Waals surface area contributed by atoms with Gasteiger partial charge in [-0.05, 0) is 44.9 Å². The van der Waals surface area contributed by atoms with E-state index in [1.165, 1.54) is 30.3 Å². The Hall–Kier alpha value is -2.47. The molecule has 3 aromatic rings. The predicted octanol–water partition coefficient (Wildman–Crippen LogP) is 4.61. The zero-order chi connectivity index (χ0) is 19.0. The number of Topliss-reactive ketones (excluding diaryl/α,β-unsaturated/α-hetero) is 1. The summed E-state index contributed by atoms with van der Waals surface area (Å²) in [6.07, 6.45) is 6.10. The molecule has 2 aromatic heterocycles. The zero-order valence-corrected chi connectivity index (χ0v) is 16.6. The molecule has 1 saturated carbocycles. The highest BCUT2D eigenvalue weighted by Gasteiger charge is 2.28. The van der Waals surface area contributed by atoms with Gasteiger partial charge in [0, 0.05) is 41.5 Å². The van der Waals surface area contributed by atoms with Crippen molar-refractivity contribution in [3.8, 4) is 11.4 Å². The number of thioether (sulfide) groups is 1.